The summed E-state index contributed by atoms with van der Waals surface area (Å²) < 4.78 is 0. The van der Waals surface area contributed by atoms with Crippen LogP contribution in [0, 0.1) is 0 Å². The van der Waals surface area contributed by atoms with Gasteiger partial charge in [0.15, 0.2) is 0 Å². The minimum Gasteiger partial charge on any atom is -0.481 e. The van der Waals surface area contributed by atoms with Gasteiger partial charge in [-0.2, -0.15) is 0 Å². The molecule has 0 fully saturated rings. The van der Waals surface area contributed by atoms with E-state index in [-0.39, 0.29) is 6.42 Å². The molecule has 0 saturated carbocycles. The maximum absolute atomic E-state index is 10.6. The van der Waals surface area contributed by atoms with Crippen LogP contribution in [0.1, 0.15) is 56.6 Å². The number of aliphatic carboxylic acids is 1. The Morgan fingerprint density at radius 3 is 2.11 bits per heavy atom. The summed E-state index contributed by atoms with van der Waals surface area (Å²) in [6.45, 7) is 2.23. The molecule has 1 aromatic rings. The molecule has 0 unspecified atom stereocenters. The summed E-state index contributed by atoms with van der Waals surface area (Å²) in [7, 11) is 0. The molecule has 2 heteroatoms. The Hall–Kier alpha value is -1.31. The summed E-state index contributed by atoms with van der Waals surface area (Å²) in [4.78, 5) is 10.6. The summed E-state index contributed by atoms with van der Waals surface area (Å²) in [5.41, 5.74) is 2.20. The molecule has 0 spiro atoms. The van der Waals surface area contributed by atoms with Crippen molar-refractivity contribution in [2.45, 2.75) is 58.3 Å². The van der Waals surface area contributed by atoms with E-state index in [0.29, 0.717) is 0 Å². The van der Waals surface area contributed by atoms with Gasteiger partial charge in [-0.25, -0.2) is 0 Å². The average Bonchev–Trinajstić information content (AvgIpc) is 2.35. The highest BCUT2D eigenvalue weighted by molar-refractivity contribution is 5.70. The molecule has 0 amide bonds. The molecule has 18 heavy (non-hydrogen) atoms. The van der Waals surface area contributed by atoms with Gasteiger partial charge in [-0.15, -0.1) is 0 Å². The maximum atomic E-state index is 10.6. The van der Waals surface area contributed by atoms with E-state index in [0.717, 1.165) is 12.0 Å². The average molecular weight is 248 g/mol. The maximum Gasteiger partial charge on any atom is 0.307 e. The Balaban J connectivity index is 2.20. The summed E-state index contributed by atoms with van der Waals surface area (Å²) in [5.74, 6) is -0.765. The number of benzene rings is 1. The lowest BCUT2D eigenvalue weighted by atomic mass is 10.0. The highest BCUT2D eigenvalue weighted by Gasteiger charge is 2.00. The van der Waals surface area contributed by atoms with E-state index in [2.05, 4.69) is 19.1 Å². The molecule has 0 aromatic heterocycles. The lowest BCUT2D eigenvalue weighted by Gasteiger charge is -2.03. The van der Waals surface area contributed by atoms with Crippen LogP contribution in [-0.4, -0.2) is 11.1 Å². The Kier molecular flexibility index (Phi) is 7.16. The Bertz CT molecular complexity index is 341. The van der Waals surface area contributed by atoms with Gasteiger partial charge in [0.2, 0.25) is 0 Å². The number of carbonyl (C=O) groups is 1. The van der Waals surface area contributed by atoms with E-state index in [4.69, 9.17) is 5.11 Å². The van der Waals surface area contributed by atoms with E-state index >= 15 is 0 Å². The third kappa shape index (κ3) is 6.43. The molecule has 0 saturated heterocycles. The highest BCUT2D eigenvalue weighted by atomic mass is 16.4. The summed E-state index contributed by atoms with van der Waals surface area (Å²) in [6, 6.07) is 7.98. The van der Waals surface area contributed by atoms with Gasteiger partial charge in [0.1, 0.15) is 0 Å². The second kappa shape index (κ2) is 8.73. The van der Waals surface area contributed by atoms with Gasteiger partial charge in [0.25, 0.3) is 0 Å². The number of carboxylic acids is 1. The molecule has 100 valence electrons. The van der Waals surface area contributed by atoms with Crippen LogP contribution < -0.4 is 0 Å². The van der Waals surface area contributed by atoms with Crippen molar-refractivity contribution >= 4 is 5.97 Å². The number of rotatable bonds is 9. The van der Waals surface area contributed by atoms with Gasteiger partial charge >= 0.3 is 5.97 Å². The molecule has 1 aromatic carbocycles. The van der Waals surface area contributed by atoms with Crippen LogP contribution in [0.15, 0.2) is 24.3 Å². The van der Waals surface area contributed by atoms with E-state index in [1.807, 2.05) is 12.1 Å². The van der Waals surface area contributed by atoms with Gasteiger partial charge in [-0.05, 0) is 24.0 Å². The monoisotopic (exact) mass is 248 g/mol. The molecular weight excluding hydrogens is 224 g/mol. The first kappa shape index (κ1) is 14.7. The van der Waals surface area contributed by atoms with Crippen LogP contribution in [-0.2, 0) is 17.6 Å². The molecular formula is C16H24O2. The fraction of sp³-hybridized carbons (Fsp3) is 0.562. The number of hydrogen-bond acceptors (Lipinski definition) is 1. The van der Waals surface area contributed by atoms with Crippen molar-refractivity contribution in [2.24, 2.45) is 0 Å². The third-order valence-corrected chi connectivity index (χ3v) is 3.20. The Morgan fingerprint density at radius 1 is 0.944 bits per heavy atom. The molecule has 0 radical (unpaired) electrons. The van der Waals surface area contributed by atoms with Crippen LogP contribution in [0.4, 0.5) is 0 Å². The largest absolute Gasteiger partial charge is 0.481 e. The predicted octanol–water partition coefficient (Wildman–Crippen LogP) is 4.22. The van der Waals surface area contributed by atoms with Gasteiger partial charge in [0, 0.05) is 0 Å². The van der Waals surface area contributed by atoms with Crippen molar-refractivity contribution in [3.63, 3.8) is 0 Å². The molecule has 2 nitrogen and oxygen atoms in total. The summed E-state index contributed by atoms with van der Waals surface area (Å²) in [6.07, 6.45) is 9.11. The smallest absolute Gasteiger partial charge is 0.307 e. The van der Waals surface area contributed by atoms with E-state index in [9.17, 15) is 4.79 Å². The van der Waals surface area contributed by atoms with Gasteiger partial charge in [-0.3, -0.25) is 4.79 Å². The number of hydrogen-bond donors (Lipinski definition) is 1. The fourth-order valence-electron chi connectivity index (χ4n) is 2.11. The van der Waals surface area contributed by atoms with E-state index in [1.165, 1.54) is 44.1 Å². The quantitative estimate of drug-likeness (QED) is 0.664. The Labute approximate surface area is 110 Å². The molecule has 0 aliphatic rings. The minimum absolute atomic E-state index is 0.122. The molecule has 0 heterocycles. The molecule has 0 atom stereocenters. The minimum atomic E-state index is -0.765. The second-order valence-corrected chi connectivity index (χ2v) is 4.90. The van der Waals surface area contributed by atoms with Crippen LogP contribution in [0.3, 0.4) is 0 Å². The zero-order chi connectivity index (χ0) is 13.2. The zero-order valence-corrected chi connectivity index (χ0v) is 11.3. The summed E-state index contributed by atoms with van der Waals surface area (Å²) >= 11 is 0. The van der Waals surface area contributed by atoms with Gasteiger partial charge in [-0.1, -0.05) is 63.3 Å². The normalized spacial score (nSPS) is 10.5. The molecule has 0 aliphatic heterocycles. The number of unbranched alkanes of at least 4 members (excludes halogenated alkanes) is 5. The Morgan fingerprint density at radius 2 is 1.50 bits per heavy atom. The first-order chi connectivity index (χ1) is 8.72. The zero-order valence-electron chi connectivity index (χ0n) is 11.3. The first-order valence-corrected chi connectivity index (χ1v) is 7.02. The van der Waals surface area contributed by atoms with Crippen LogP contribution in [0.25, 0.3) is 0 Å². The van der Waals surface area contributed by atoms with Crippen molar-refractivity contribution < 1.29 is 9.90 Å². The highest BCUT2D eigenvalue weighted by Crippen LogP contribution is 2.11. The van der Waals surface area contributed by atoms with Crippen molar-refractivity contribution in [1.29, 1.82) is 0 Å². The predicted molar refractivity (Wildman–Crippen MR) is 74.9 cm³/mol. The van der Waals surface area contributed by atoms with Crippen LogP contribution in [0.2, 0.25) is 0 Å². The molecule has 1 rings (SSSR count). The van der Waals surface area contributed by atoms with Crippen molar-refractivity contribution in [3.8, 4) is 0 Å². The molecule has 0 aliphatic carbocycles. The van der Waals surface area contributed by atoms with Gasteiger partial charge < -0.3 is 5.11 Å². The topological polar surface area (TPSA) is 37.3 Å². The van der Waals surface area contributed by atoms with Crippen LogP contribution >= 0.6 is 0 Å². The van der Waals surface area contributed by atoms with Crippen LogP contribution in [0.5, 0.6) is 0 Å². The fourth-order valence-corrected chi connectivity index (χ4v) is 2.11. The van der Waals surface area contributed by atoms with Crippen molar-refractivity contribution in [3.05, 3.63) is 35.4 Å². The van der Waals surface area contributed by atoms with E-state index in [1.54, 1.807) is 0 Å². The molecule has 1 N–H and O–H groups in total. The third-order valence-electron chi connectivity index (χ3n) is 3.20. The van der Waals surface area contributed by atoms with Gasteiger partial charge in [0.05, 0.1) is 6.42 Å². The van der Waals surface area contributed by atoms with Crippen molar-refractivity contribution in [2.75, 3.05) is 0 Å². The summed E-state index contributed by atoms with van der Waals surface area (Å²) in [5, 5.41) is 8.68. The second-order valence-electron chi connectivity index (χ2n) is 4.90. The van der Waals surface area contributed by atoms with Crippen molar-refractivity contribution in [1.82, 2.24) is 0 Å². The number of carboxylic acid groups (broad SMARTS) is 1. The lowest BCUT2D eigenvalue weighted by molar-refractivity contribution is -0.136. The number of aryl methyl sites for hydroxylation is 1. The standard InChI is InChI=1S/C16H24O2/c1-2-3-4-5-6-7-8-14-9-11-15(12-10-14)13-16(17)18/h9-12H,2-8,13H2,1H3,(H,17,18). The lowest BCUT2D eigenvalue weighted by Crippen LogP contribution is -1.99. The molecule has 0 bridgehead atoms. The first-order valence-electron chi connectivity index (χ1n) is 7.02. The van der Waals surface area contributed by atoms with E-state index < -0.39 is 5.97 Å². The SMILES string of the molecule is CCCCCCCCc1ccc(CC(=O)O)cc1.